The third-order valence-electron chi connectivity index (χ3n) is 4.04. The number of fused-ring (bicyclic) bond motifs is 1. The van der Waals surface area contributed by atoms with Gasteiger partial charge in [0.25, 0.3) is 0 Å². The van der Waals surface area contributed by atoms with E-state index in [2.05, 4.69) is 0 Å². The first-order valence-corrected chi connectivity index (χ1v) is 7.37. The Hall–Kier alpha value is -2.95. The van der Waals surface area contributed by atoms with Crippen molar-refractivity contribution in [3.05, 3.63) is 59.3 Å². The van der Waals surface area contributed by atoms with Gasteiger partial charge in [-0.25, -0.2) is 4.79 Å². The minimum atomic E-state index is -1.02. The number of rotatable bonds is 4. The second-order valence-corrected chi connectivity index (χ2v) is 5.37. The van der Waals surface area contributed by atoms with Crippen molar-refractivity contribution in [3.63, 3.8) is 0 Å². The molecule has 3 rings (SSSR count). The van der Waals surface area contributed by atoms with E-state index in [1.165, 1.54) is 6.07 Å². The molecule has 118 valence electrons. The molecule has 5 heteroatoms. The number of nitrogens with zero attached hydrogens (tertiary/aromatic N) is 1. The molecule has 0 atom stereocenters. The third-order valence-corrected chi connectivity index (χ3v) is 4.04. The molecule has 0 amide bonds. The van der Waals surface area contributed by atoms with Gasteiger partial charge in [-0.2, -0.15) is 0 Å². The summed E-state index contributed by atoms with van der Waals surface area (Å²) in [6, 6.07) is 11.8. The minimum absolute atomic E-state index is 0.0279. The number of hydrogen-bond acceptors (Lipinski definition) is 3. The highest BCUT2D eigenvalue weighted by molar-refractivity contribution is 6.06. The van der Waals surface area contributed by atoms with E-state index >= 15 is 0 Å². The molecule has 0 aliphatic carbocycles. The van der Waals surface area contributed by atoms with Gasteiger partial charge in [-0.05, 0) is 18.6 Å². The van der Waals surface area contributed by atoms with Gasteiger partial charge < -0.3 is 19.9 Å². The summed E-state index contributed by atoms with van der Waals surface area (Å²) in [7, 11) is 0. The Kier molecular flexibility index (Phi) is 3.70. The van der Waals surface area contributed by atoms with Gasteiger partial charge in [0.05, 0.1) is 17.6 Å². The van der Waals surface area contributed by atoms with Crippen molar-refractivity contribution in [2.45, 2.75) is 19.9 Å². The lowest BCUT2D eigenvalue weighted by molar-refractivity contribution is 0.0697. The van der Waals surface area contributed by atoms with Crippen LogP contribution in [0.2, 0.25) is 0 Å². The summed E-state index contributed by atoms with van der Waals surface area (Å²) in [6.45, 7) is 2.16. The molecule has 0 aliphatic heterocycles. The normalized spacial score (nSPS) is 11.0. The number of para-hydroxylation sites is 2. The summed E-state index contributed by atoms with van der Waals surface area (Å²) in [4.78, 5) is 11.7. The standard InChI is InChI=1S/C18H17NO4/c1-2-13-16(18(22)23)12-7-5-9-15(21)17(12)19(13)10-11-6-3-4-8-14(11)20/h3-9,20-21H,2,10H2,1H3,(H,22,23). The SMILES string of the molecule is CCc1c(C(=O)O)c2cccc(O)c2n1Cc1ccccc1O. The summed E-state index contributed by atoms with van der Waals surface area (Å²) in [5, 5.41) is 30.3. The summed E-state index contributed by atoms with van der Waals surface area (Å²) >= 11 is 0. The molecule has 5 nitrogen and oxygen atoms in total. The second-order valence-electron chi connectivity index (χ2n) is 5.37. The maximum atomic E-state index is 11.7. The van der Waals surface area contributed by atoms with Gasteiger partial charge in [-0.3, -0.25) is 0 Å². The lowest BCUT2D eigenvalue weighted by Gasteiger charge is -2.12. The summed E-state index contributed by atoms with van der Waals surface area (Å²) < 4.78 is 1.77. The predicted molar refractivity (Wildman–Crippen MR) is 87.1 cm³/mol. The van der Waals surface area contributed by atoms with Gasteiger partial charge in [0, 0.05) is 16.6 Å². The molecule has 0 saturated heterocycles. The molecule has 0 saturated carbocycles. The van der Waals surface area contributed by atoms with Gasteiger partial charge >= 0.3 is 5.97 Å². The molecule has 23 heavy (non-hydrogen) atoms. The molecule has 0 aliphatic rings. The minimum Gasteiger partial charge on any atom is -0.508 e. The van der Waals surface area contributed by atoms with E-state index in [4.69, 9.17) is 0 Å². The Morgan fingerprint density at radius 3 is 2.39 bits per heavy atom. The monoisotopic (exact) mass is 311 g/mol. The molecule has 1 heterocycles. The number of carboxylic acids is 1. The van der Waals surface area contributed by atoms with Crippen LogP contribution < -0.4 is 0 Å². The van der Waals surface area contributed by atoms with Crippen LogP contribution in [0.15, 0.2) is 42.5 Å². The van der Waals surface area contributed by atoms with Gasteiger partial charge in [0.2, 0.25) is 0 Å². The fourth-order valence-electron chi connectivity index (χ4n) is 3.04. The Bertz CT molecular complexity index is 895. The van der Waals surface area contributed by atoms with Crippen LogP contribution >= 0.6 is 0 Å². The molecular formula is C18H17NO4. The van der Waals surface area contributed by atoms with Crippen molar-refractivity contribution in [2.75, 3.05) is 0 Å². The first-order chi connectivity index (χ1) is 11.0. The van der Waals surface area contributed by atoms with Crippen LogP contribution in [0.3, 0.4) is 0 Å². The zero-order chi connectivity index (χ0) is 16.6. The van der Waals surface area contributed by atoms with E-state index < -0.39 is 5.97 Å². The van der Waals surface area contributed by atoms with Crippen molar-refractivity contribution in [3.8, 4) is 11.5 Å². The van der Waals surface area contributed by atoms with E-state index in [0.717, 1.165) is 0 Å². The number of phenolic OH excluding ortho intramolecular Hbond substituents is 2. The van der Waals surface area contributed by atoms with Gasteiger partial charge in [0.1, 0.15) is 11.5 Å². The molecular weight excluding hydrogens is 294 g/mol. The number of aromatic hydroxyl groups is 2. The smallest absolute Gasteiger partial charge is 0.338 e. The number of carboxylic acid groups (broad SMARTS) is 1. The second kappa shape index (κ2) is 5.68. The number of carbonyl (C=O) groups is 1. The van der Waals surface area contributed by atoms with Crippen LogP contribution in [0.1, 0.15) is 28.5 Å². The number of hydrogen-bond donors (Lipinski definition) is 3. The average molecular weight is 311 g/mol. The molecule has 1 aromatic heterocycles. The van der Waals surface area contributed by atoms with Gasteiger partial charge in [-0.15, -0.1) is 0 Å². The van der Waals surface area contributed by atoms with Crippen LogP contribution in [-0.4, -0.2) is 25.9 Å². The third kappa shape index (κ3) is 2.40. The van der Waals surface area contributed by atoms with Crippen LogP contribution in [0.5, 0.6) is 11.5 Å². The van der Waals surface area contributed by atoms with Crippen molar-refractivity contribution < 1.29 is 20.1 Å². The molecule has 0 fully saturated rings. The molecule has 0 spiro atoms. The highest BCUT2D eigenvalue weighted by Crippen LogP contribution is 2.34. The van der Waals surface area contributed by atoms with Crippen LogP contribution in [-0.2, 0) is 13.0 Å². The van der Waals surface area contributed by atoms with E-state index in [9.17, 15) is 20.1 Å². The van der Waals surface area contributed by atoms with Crippen molar-refractivity contribution >= 4 is 16.9 Å². The van der Waals surface area contributed by atoms with Gasteiger partial charge in [0.15, 0.2) is 0 Å². The summed E-state index contributed by atoms with van der Waals surface area (Å²) in [5.41, 5.74) is 1.97. The maximum Gasteiger partial charge on any atom is 0.338 e. The first kappa shape index (κ1) is 15.0. The summed E-state index contributed by atoms with van der Waals surface area (Å²) in [5.74, 6) is -0.850. The highest BCUT2D eigenvalue weighted by Gasteiger charge is 2.23. The lowest BCUT2D eigenvalue weighted by Crippen LogP contribution is -2.07. The predicted octanol–water partition coefficient (Wildman–Crippen LogP) is 3.36. The van der Waals surface area contributed by atoms with E-state index in [0.29, 0.717) is 28.6 Å². The number of phenols is 2. The number of aromatic carboxylic acids is 1. The fraction of sp³-hybridized carbons (Fsp3) is 0.167. The van der Waals surface area contributed by atoms with Crippen LogP contribution in [0.25, 0.3) is 10.9 Å². The fourth-order valence-corrected chi connectivity index (χ4v) is 3.04. The Morgan fingerprint density at radius 2 is 1.74 bits per heavy atom. The quantitative estimate of drug-likeness (QED) is 0.690. The van der Waals surface area contributed by atoms with Gasteiger partial charge in [-0.1, -0.05) is 37.3 Å². The molecule has 0 bridgehead atoms. The topological polar surface area (TPSA) is 82.7 Å². The zero-order valence-electron chi connectivity index (χ0n) is 12.7. The first-order valence-electron chi connectivity index (χ1n) is 7.37. The van der Waals surface area contributed by atoms with Crippen LogP contribution in [0, 0.1) is 0 Å². The Labute approximate surface area is 133 Å². The molecule has 0 unspecified atom stereocenters. The van der Waals surface area contributed by atoms with E-state index in [-0.39, 0.29) is 23.6 Å². The van der Waals surface area contributed by atoms with Crippen molar-refractivity contribution in [2.24, 2.45) is 0 Å². The van der Waals surface area contributed by atoms with Crippen molar-refractivity contribution in [1.29, 1.82) is 0 Å². The van der Waals surface area contributed by atoms with E-state index in [1.54, 1.807) is 34.9 Å². The molecule has 0 radical (unpaired) electrons. The van der Waals surface area contributed by atoms with Crippen LogP contribution in [0.4, 0.5) is 0 Å². The number of aromatic nitrogens is 1. The zero-order valence-corrected chi connectivity index (χ0v) is 12.7. The van der Waals surface area contributed by atoms with Crippen molar-refractivity contribution in [1.82, 2.24) is 4.57 Å². The lowest BCUT2D eigenvalue weighted by atomic mass is 10.1. The largest absolute Gasteiger partial charge is 0.508 e. The summed E-state index contributed by atoms with van der Waals surface area (Å²) in [6.07, 6.45) is 0.503. The Morgan fingerprint density at radius 1 is 1.04 bits per heavy atom. The number of benzene rings is 2. The molecule has 3 N–H and O–H groups in total. The Balaban J connectivity index is 2.31. The molecule has 2 aromatic carbocycles. The average Bonchev–Trinajstić information content (AvgIpc) is 2.84. The van der Waals surface area contributed by atoms with E-state index in [1.807, 2.05) is 13.0 Å². The highest BCUT2D eigenvalue weighted by atomic mass is 16.4. The molecule has 3 aromatic rings. The maximum absolute atomic E-state index is 11.7.